The molecule has 2 aromatic carbocycles. The number of rotatable bonds is 2. The van der Waals surface area contributed by atoms with Crippen molar-refractivity contribution in [2.75, 3.05) is 0 Å². The fourth-order valence-corrected chi connectivity index (χ4v) is 4.66. The van der Waals surface area contributed by atoms with E-state index in [0.717, 1.165) is 36.0 Å². The van der Waals surface area contributed by atoms with E-state index in [9.17, 15) is 4.79 Å². The van der Waals surface area contributed by atoms with Crippen LogP contribution in [-0.2, 0) is 6.42 Å². The predicted octanol–water partition coefficient (Wildman–Crippen LogP) is 5.68. The Kier molecular flexibility index (Phi) is 4.28. The van der Waals surface area contributed by atoms with Crippen molar-refractivity contribution in [1.82, 2.24) is 4.90 Å². The lowest BCUT2D eigenvalue weighted by Gasteiger charge is -2.41. The molecule has 4 rings (SSSR count). The summed E-state index contributed by atoms with van der Waals surface area (Å²) in [6, 6.07) is 13.8. The second kappa shape index (κ2) is 6.42. The summed E-state index contributed by atoms with van der Waals surface area (Å²) in [5.74, 6) is 0.139. The lowest BCUT2D eigenvalue weighted by molar-refractivity contribution is 0.0539. The van der Waals surface area contributed by atoms with Crippen LogP contribution in [0.2, 0.25) is 10.0 Å². The molecule has 0 spiro atoms. The van der Waals surface area contributed by atoms with Gasteiger partial charge >= 0.3 is 0 Å². The molecule has 4 heteroatoms. The van der Waals surface area contributed by atoms with Crippen LogP contribution in [0.5, 0.6) is 0 Å². The van der Waals surface area contributed by atoms with Crippen LogP contribution in [0.1, 0.15) is 53.2 Å². The molecule has 1 fully saturated rings. The van der Waals surface area contributed by atoms with Gasteiger partial charge in [0, 0.05) is 21.7 Å². The fourth-order valence-electron chi connectivity index (χ4n) is 4.13. The summed E-state index contributed by atoms with van der Waals surface area (Å²) < 4.78 is 0. The first-order valence-electron chi connectivity index (χ1n) is 8.50. The molecular formula is C20H19Cl2NO. The first-order valence-corrected chi connectivity index (χ1v) is 9.26. The van der Waals surface area contributed by atoms with Gasteiger partial charge in [0.1, 0.15) is 0 Å². The molecule has 0 aromatic heterocycles. The largest absolute Gasteiger partial charge is 0.328 e. The van der Waals surface area contributed by atoms with Crippen LogP contribution >= 0.6 is 23.2 Å². The fraction of sp³-hybridized carbons (Fsp3) is 0.350. The van der Waals surface area contributed by atoms with Gasteiger partial charge in [-0.1, -0.05) is 60.3 Å². The molecule has 124 valence electrons. The lowest BCUT2D eigenvalue weighted by atomic mass is 9.88. The molecule has 1 heterocycles. The molecule has 1 aliphatic carbocycles. The number of amides is 1. The molecule has 1 atom stereocenters. The molecule has 2 aromatic rings. The highest BCUT2D eigenvalue weighted by molar-refractivity contribution is 6.35. The van der Waals surface area contributed by atoms with Gasteiger partial charge in [-0.2, -0.15) is 0 Å². The second-order valence-corrected chi connectivity index (χ2v) is 7.54. The second-order valence-electron chi connectivity index (χ2n) is 6.69. The Balaban J connectivity index is 1.81. The highest BCUT2D eigenvalue weighted by atomic mass is 35.5. The smallest absolute Gasteiger partial charge is 0.254 e. The number of hydrogen-bond acceptors (Lipinski definition) is 1. The first kappa shape index (κ1) is 16.0. The van der Waals surface area contributed by atoms with E-state index in [2.05, 4.69) is 11.0 Å². The third-order valence-corrected chi connectivity index (χ3v) is 5.83. The highest BCUT2D eigenvalue weighted by Gasteiger charge is 2.39. The molecule has 24 heavy (non-hydrogen) atoms. The monoisotopic (exact) mass is 359 g/mol. The van der Waals surface area contributed by atoms with Gasteiger partial charge in [0.05, 0.1) is 6.04 Å². The van der Waals surface area contributed by atoms with Crippen molar-refractivity contribution < 1.29 is 4.79 Å². The molecule has 1 aliphatic heterocycles. The van der Waals surface area contributed by atoms with E-state index in [-0.39, 0.29) is 11.9 Å². The Morgan fingerprint density at radius 1 is 1.00 bits per heavy atom. The molecule has 1 saturated carbocycles. The maximum absolute atomic E-state index is 13.2. The Hall–Kier alpha value is -1.51. The molecule has 0 radical (unpaired) electrons. The quantitative estimate of drug-likeness (QED) is 0.675. The lowest BCUT2D eigenvalue weighted by Crippen LogP contribution is -2.45. The van der Waals surface area contributed by atoms with Crippen molar-refractivity contribution >= 4 is 29.1 Å². The number of nitrogens with zero attached hydrogens (tertiary/aromatic N) is 1. The number of benzene rings is 2. The summed E-state index contributed by atoms with van der Waals surface area (Å²) in [5.41, 5.74) is 2.94. The molecule has 2 aliphatic rings. The molecule has 2 nitrogen and oxygen atoms in total. The summed E-state index contributed by atoms with van der Waals surface area (Å²) in [6.07, 6.45) is 5.35. The van der Waals surface area contributed by atoms with E-state index in [1.165, 1.54) is 12.8 Å². The predicted molar refractivity (Wildman–Crippen MR) is 97.8 cm³/mol. The van der Waals surface area contributed by atoms with Crippen LogP contribution in [0.25, 0.3) is 0 Å². The Labute approximate surface area is 152 Å². The minimum atomic E-state index is -0.0136. The molecule has 0 N–H and O–H groups in total. The normalized spacial score (nSPS) is 21.2. The Bertz CT molecular complexity index is 783. The maximum atomic E-state index is 13.2. The summed E-state index contributed by atoms with van der Waals surface area (Å²) in [6.45, 7) is 0. The highest BCUT2D eigenvalue weighted by Crippen LogP contribution is 2.41. The third-order valence-electron chi connectivity index (χ3n) is 5.27. The summed E-state index contributed by atoms with van der Waals surface area (Å²) >= 11 is 12.6. The topological polar surface area (TPSA) is 20.3 Å². The number of hydrogen-bond donors (Lipinski definition) is 0. The zero-order chi connectivity index (χ0) is 16.7. The molecule has 1 unspecified atom stereocenters. The third kappa shape index (κ3) is 2.72. The van der Waals surface area contributed by atoms with Crippen LogP contribution < -0.4 is 0 Å². The standard InChI is InChI=1S/C20H19Cl2NO/c21-14-9-10-17(18(22)12-14)19-11-13-5-1-4-8-16(13)20(24)23(19)15-6-2-3-7-15/h1,4-5,8-10,12,15,19H,2-3,6-7,11H2. The number of fused-ring (bicyclic) bond motifs is 1. The van der Waals surface area contributed by atoms with Crippen LogP contribution in [0.15, 0.2) is 42.5 Å². The minimum absolute atomic E-state index is 0.0136. The van der Waals surface area contributed by atoms with Gasteiger partial charge < -0.3 is 4.90 Å². The number of halogens is 2. The Morgan fingerprint density at radius 3 is 2.50 bits per heavy atom. The van der Waals surface area contributed by atoms with Crippen molar-refractivity contribution in [3.8, 4) is 0 Å². The molecular weight excluding hydrogens is 341 g/mol. The van der Waals surface area contributed by atoms with Crippen molar-refractivity contribution in [3.63, 3.8) is 0 Å². The summed E-state index contributed by atoms with van der Waals surface area (Å²) in [7, 11) is 0. The van der Waals surface area contributed by atoms with Gasteiger partial charge in [-0.25, -0.2) is 0 Å². The van der Waals surface area contributed by atoms with Crippen molar-refractivity contribution in [2.45, 2.75) is 44.2 Å². The number of carbonyl (C=O) groups excluding carboxylic acids is 1. The van der Waals surface area contributed by atoms with E-state index in [1.807, 2.05) is 30.3 Å². The molecule has 0 bridgehead atoms. The zero-order valence-corrected chi connectivity index (χ0v) is 14.9. The van der Waals surface area contributed by atoms with Crippen molar-refractivity contribution in [2.24, 2.45) is 0 Å². The summed E-state index contributed by atoms with van der Waals surface area (Å²) in [5, 5.41) is 1.27. The van der Waals surface area contributed by atoms with Crippen molar-refractivity contribution in [1.29, 1.82) is 0 Å². The van der Waals surface area contributed by atoms with Crippen LogP contribution in [0.4, 0.5) is 0 Å². The number of carbonyl (C=O) groups is 1. The van der Waals surface area contributed by atoms with E-state index < -0.39 is 0 Å². The zero-order valence-electron chi connectivity index (χ0n) is 13.3. The minimum Gasteiger partial charge on any atom is -0.328 e. The molecule has 0 saturated heterocycles. The van der Waals surface area contributed by atoms with E-state index >= 15 is 0 Å². The average Bonchev–Trinajstić information content (AvgIpc) is 3.09. The van der Waals surface area contributed by atoms with E-state index in [4.69, 9.17) is 23.2 Å². The maximum Gasteiger partial charge on any atom is 0.254 e. The summed E-state index contributed by atoms with van der Waals surface area (Å²) in [4.78, 5) is 15.3. The van der Waals surface area contributed by atoms with Crippen LogP contribution in [-0.4, -0.2) is 16.8 Å². The van der Waals surface area contributed by atoms with E-state index in [0.29, 0.717) is 16.1 Å². The first-order chi connectivity index (χ1) is 11.6. The van der Waals surface area contributed by atoms with Crippen molar-refractivity contribution in [3.05, 3.63) is 69.2 Å². The van der Waals surface area contributed by atoms with Gasteiger partial charge in [-0.3, -0.25) is 4.79 Å². The molecule has 1 amide bonds. The van der Waals surface area contributed by atoms with Crippen LogP contribution in [0, 0.1) is 0 Å². The van der Waals surface area contributed by atoms with Gasteiger partial charge in [-0.15, -0.1) is 0 Å². The Morgan fingerprint density at radius 2 is 1.75 bits per heavy atom. The van der Waals surface area contributed by atoms with Gasteiger partial charge in [0.2, 0.25) is 0 Å². The van der Waals surface area contributed by atoms with Crippen LogP contribution in [0.3, 0.4) is 0 Å². The SMILES string of the molecule is O=C1c2ccccc2CC(c2ccc(Cl)cc2Cl)N1C1CCCC1. The van der Waals surface area contributed by atoms with Gasteiger partial charge in [-0.05, 0) is 48.6 Å². The van der Waals surface area contributed by atoms with Gasteiger partial charge in [0.25, 0.3) is 5.91 Å². The van der Waals surface area contributed by atoms with E-state index in [1.54, 1.807) is 6.07 Å². The average molecular weight is 360 g/mol. The van der Waals surface area contributed by atoms with Gasteiger partial charge in [0.15, 0.2) is 0 Å².